The SMILES string of the molecule is C.C=C(C)/C=C\C(=N)c1ccc(N(c2ccccc2)c2ccccc2)cc1.CC.CC. The summed E-state index contributed by atoms with van der Waals surface area (Å²) in [6.45, 7) is 13.8. The van der Waals surface area contributed by atoms with Gasteiger partial charge in [-0.1, -0.05) is 102 Å². The Bertz CT molecular complexity index is 868. The normalized spacial score (nSPS) is 9.32. The lowest BCUT2D eigenvalue weighted by molar-refractivity contribution is 1.28. The molecule has 3 aromatic carbocycles. The van der Waals surface area contributed by atoms with E-state index in [9.17, 15) is 0 Å². The number of rotatable bonds is 6. The van der Waals surface area contributed by atoms with Crippen molar-refractivity contribution in [2.24, 2.45) is 0 Å². The summed E-state index contributed by atoms with van der Waals surface area (Å²) in [5, 5.41) is 8.19. The Labute approximate surface area is 190 Å². The highest BCUT2D eigenvalue weighted by molar-refractivity contribution is 6.06. The van der Waals surface area contributed by atoms with E-state index in [1.807, 2.05) is 89.2 Å². The average molecular weight is 415 g/mol. The van der Waals surface area contributed by atoms with Gasteiger partial charge in [0.05, 0.1) is 5.71 Å². The molecule has 0 fully saturated rings. The van der Waals surface area contributed by atoms with Crippen LogP contribution in [0.5, 0.6) is 0 Å². The zero-order chi connectivity index (χ0) is 22.4. The highest BCUT2D eigenvalue weighted by atomic mass is 15.1. The summed E-state index contributed by atoms with van der Waals surface area (Å²) in [4.78, 5) is 2.21. The molecule has 3 aromatic rings. The third-order valence-electron chi connectivity index (χ3n) is 4.00. The monoisotopic (exact) mass is 414 g/mol. The van der Waals surface area contributed by atoms with E-state index in [1.54, 1.807) is 6.08 Å². The minimum absolute atomic E-state index is 0. The Morgan fingerprint density at radius 1 is 0.677 bits per heavy atom. The maximum atomic E-state index is 8.19. The van der Waals surface area contributed by atoms with Crippen LogP contribution < -0.4 is 4.90 Å². The van der Waals surface area contributed by atoms with E-state index >= 15 is 0 Å². The van der Waals surface area contributed by atoms with E-state index in [0.29, 0.717) is 5.71 Å². The van der Waals surface area contributed by atoms with Crippen LogP contribution in [0.15, 0.2) is 109 Å². The Morgan fingerprint density at radius 3 is 1.45 bits per heavy atom. The molecule has 0 radical (unpaired) electrons. The van der Waals surface area contributed by atoms with Gasteiger partial charge in [0, 0.05) is 17.1 Å². The van der Waals surface area contributed by atoms with Crippen LogP contribution in [0.1, 0.15) is 47.6 Å². The van der Waals surface area contributed by atoms with Gasteiger partial charge in [0.1, 0.15) is 0 Å². The van der Waals surface area contributed by atoms with Gasteiger partial charge < -0.3 is 10.3 Å². The molecule has 1 N–H and O–H groups in total. The van der Waals surface area contributed by atoms with Crippen molar-refractivity contribution in [1.82, 2.24) is 0 Å². The molecule has 3 rings (SSSR count). The first-order valence-corrected chi connectivity index (χ1v) is 10.6. The summed E-state index contributed by atoms with van der Waals surface area (Å²) in [6, 6.07) is 28.7. The first-order valence-electron chi connectivity index (χ1n) is 10.6. The quantitative estimate of drug-likeness (QED) is 0.315. The van der Waals surface area contributed by atoms with E-state index in [0.717, 1.165) is 28.2 Å². The molecule has 0 spiro atoms. The largest absolute Gasteiger partial charge is 0.311 e. The summed E-state index contributed by atoms with van der Waals surface area (Å²) in [7, 11) is 0. The number of hydrogen-bond donors (Lipinski definition) is 1. The molecular weight excluding hydrogens is 376 g/mol. The topological polar surface area (TPSA) is 27.1 Å². The molecule has 2 heteroatoms. The van der Waals surface area contributed by atoms with Gasteiger partial charge in [-0.05, 0) is 55.0 Å². The van der Waals surface area contributed by atoms with Crippen molar-refractivity contribution in [2.45, 2.75) is 42.0 Å². The first kappa shape index (κ1) is 27.6. The van der Waals surface area contributed by atoms with Gasteiger partial charge in [0.25, 0.3) is 0 Å². The van der Waals surface area contributed by atoms with Gasteiger partial charge >= 0.3 is 0 Å². The lowest BCUT2D eigenvalue weighted by Gasteiger charge is -2.25. The minimum atomic E-state index is 0. The fraction of sp³-hybridized carbons (Fsp3) is 0.207. The van der Waals surface area contributed by atoms with Crippen LogP contribution >= 0.6 is 0 Å². The second-order valence-corrected chi connectivity index (χ2v) is 6.15. The summed E-state index contributed by atoms with van der Waals surface area (Å²) in [5.41, 5.74) is 5.55. The van der Waals surface area contributed by atoms with Crippen LogP contribution in [0.3, 0.4) is 0 Å². The summed E-state index contributed by atoms with van der Waals surface area (Å²) >= 11 is 0. The third-order valence-corrected chi connectivity index (χ3v) is 4.00. The van der Waals surface area contributed by atoms with Crippen molar-refractivity contribution >= 4 is 22.8 Å². The zero-order valence-electron chi connectivity index (χ0n) is 18.9. The number of para-hydroxylation sites is 2. The van der Waals surface area contributed by atoms with Crippen LogP contribution in [0.25, 0.3) is 0 Å². The second-order valence-electron chi connectivity index (χ2n) is 6.15. The molecule has 2 nitrogen and oxygen atoms in total. The number of anilines is 3. The number of nitrogens with one attached hydrogen (secondary N) is 1. The minimum Gasteiger partial charge on any atom is -0.311 e. The highest BCUT2D eigenvalue weighted by Gasteiger charge is 2.11. The summed E-state index contributed by atoms with van der Waals surface area (Å²) < 4.78 is 0. The zero-order valence-corrected chi connectivity index (χ0v) is 18.9. The van der Waals surface area contributed by atoms with Crippen LogP contribution in [0, 0.1) is 5.41 Å². The molecule has 0 heterocycles. The van der Waals surface area contributed by atoms with Gasteiger partial charge in [0.15, 0.2) is 0 Å². The standard InChI is InChI=1S/C24H22N2.2C2H6.CH4/c1-19(2)13-18-24(25)20-14-16-23(17-15-20)26(21-9-5-3-6-10-21)22-11-7-4-8-12-22;2*1-2;/h3-18,25H,1H2,2H3;2*1-2H3;1H4/b18-13-,25-24?;;;. The first-order chi connectivity index (χ1) is 14.6. The van der Waals surface area contributed by atoms with Gasteiger partial charge in [-0.3, -0.25) is 0 Å². The maximum absolute atomic E-state index is 8.19. The molecule has 0 unspecified atom stereocenters. The Morgan fingerprint density at radius 2 is 1.06 bits per heavy atom. The van der Waals surface area contributed by atoms with E-state index in [-0.39, 0.29) is 7.43 Å². The molecule has 31 heavy (non-hydrogen) atoms. The molecule has 0 aromatic heterocycles. The Kier molecular flexibility index (Phi) is 13.8. The second kappa shape index (κ2) is 15.4. The predicted octanol–water partition coefficient (Wildman–Crippen LogP) is 9.35. The third kappa shape index (κ3) is 8.47. The molecule has 0 aliphatic heterocycles. The summed E-state index contributed by atoms with van der Waals surface area (Å²) in [5.74, 6) is 0. The van der Waals surface area contributed by atoms with E-state index in [1.165, 1.54) is 0 Å². The highest BCUT2D eigenvalue weighted by Crippen LogP contribution is 2.34. The fourth-order valence-electron chi connectivity index (χ4n) is 2.71. The van der Waals surface area contributed by atoms with Gasteiger partial charge in [-0.2, -0.15) is 0 Å². The molecule has 0 aliphatic carbocycles. The summed E-state index contributed by atoms with van der Waals surface area (Å²) in [6.07, 6.45) is 3.64. The molecule has 0 saturated carbocycles. The van der Waals surface area contributed by atoms with Crippen molar-refractivity contribution in [2.75, 3.05) is 4.90 Å². The molecule has 0 atom stereocenters. The molecule has 0 amide bonds. The fourth-order valence-corrected chi connectivity index (χ4v) is 2.71. The smallest absolute Gasteiger partial charge is 0.0612 e. The van der Waals surface area contributed by atoms with Crippen molar-refractivity contribution in [3.05, 3.63) is 115 Å². The van der Waals surface area contributed by atoms with Crippen LogP contribution in [0.4, 0.5) is 17.1 Å². The van der Waals surface area contributed by atoms with Crippen LogP contribution in [-0.4, -0.2) is 5.71 Å². The van der Waals surface area contributed by atoms with E-state index < -0.39 is 0 Å². The van der Waals surface area contributed by atoms with Crippen molar-refractivity contribution in [3.63, 3.8) is 0 Å². The average Bonchev–Trinajstić information content (AvgIpc) is 2.82. The molecule has 164 valence electrons. The molecular formula is C29H38N2. The molecule has 0 aliphatic rings. The van der Waals surface area contributed by atoms with Crippen LogP contribution in [0.2, 0.25) is 0 Å². The number of hydrogen-bond acceptors (Lipinski definition) is 2. The van der Waals surface area contributed by atoms with Crippen molar-refractivity contribution in [3.8, 4) is 0 Å². The van der Waals surface area contributed by atoms with Crippen molar-refractivity contribution < 1.29 is 0 Å². The van der Waals surface area contributed by atoms with Crippen molar-refractivity contribution in [1.29, 1.82) is 5.41 Å². The van der Waals surface area contributed by atoms with Gasteiger partial charge in [-0.25, -0.2) is 0 Å². The predicted molar refractivity (Wildman–Crippen MR) is 141 cm³/mol. The van der Waals surface area contributed by atoms with Gasteiger partial charge in [-0.15, -0.1) is 0 Å². The molecule has 0 saturated heterocycles. The lowest BCUT2D eigenvalue weighted by atomic mass is 10.1. The lowest BCUT2D eigenvalue weighted by Crippen LogP contribution is -2.09. The number of nitrogens with zero attached hydrogens (tertiary/aromatic N) is 1. The van der Waals surface area contributed by atoms with E-state index in [2.05, 4.69) is 47.9 Å². The Balaban J connectivity index is 0.00000170. The number of allylic oxidation sites excluding steroid dienone is 3. The van der Waals surface area contributed by atoms with Gasteiger partial charge in [0.2, 0.25) is 0 Å². The van der Waals surface area contributed by atoms with Crippen LogP contribution in [-0.2, 0) is 0 Å². The van der Waals surface area contributed by atoms with E-state index in [4.69, 9.17) is 5.41 Å². The molecule has 0 bridgehead atoms. The maximum Gasteiger partial charge on any atom is 0.0612 e. The Hall–Kier alpha value is -3.39. The number of benzene rings is 3.